The van der Waals surface area contributed by atoms with Gasteiger partial charge in [-0.3, -0.25) is 9.59 Å². The molecule has 0 saturated carbocycles. The molecule has 0 rings (SSSR count). The van der Waals surface area contributed by atoms with Crippen LogP contribution in [0.2, 0.25) is 0 Å². The van der Waals surface area contributed by atoms with Crippen molar-refractivity contribution in [3.63, 3.8) is 0 Å². The van der Waals surface area contributed by atoms with Crippen LogP contribution in [0.25, 0.3) is 0 Å². The number of carbonyl (C=O) groups is 3. The summed E-state index contributed by atoms with van der Waals surface area (Å²) in [7, 11) is 1.34. The van der Waals surface area contributed by atoms with Crippen molar-refractivity contribution in [1.82, 2.24) is 4.90 Å². The Morgan fingerprint density at radius 2 is 1.33 bits per heavy atom. The average Bonchev–Trinajstić information content (AvgIpc) is 2.56. The molecule has 158 valence electrons. The van der Waals surface area contributed by atoms with Crippen LogP contribution >= 0.6 is 0 Å². The Hall–Kier alpha value is -1.79. The molecule has 0 spiro atoms. The van der Waals surface area contributed by atoms with Crippen molar-refractivity contribution in [2.45, 2.75) is 90.6 Å². The lowest BCUT2D eigenvalue weighted by Gasteiger charge is -2.27. The number of hydrogen-bond acceptors (Lipinski definition) is 5. The molecule has 0 atom stereocenters. The van der Waals surface area contributed by atoms with Gasteiger partial charge in [-0.2, -0.15) is 0 Å². The van der Waals surface area contributed by atoms with Crippen molar-refractivity contribution < 1.29 is 29.0 Å². The Morgan fingerprint density at radius 1 is 0.815 bits per heavy atom. The fraction of sp³-hybridized carbons (Fsp3) is 0.850. The second-order valence-electron chi connectivity index (χ2n) is 7.77. The number of hydrogen-bond donors (Lipinski definition) is 1. The lowest BCUT2D eigenvalue weighted by atomic mass is 10.1. The molecule has 0 saturated heterocycles. The Balaban J connectivity index is 4.01. The number of amides is 1. The molecular weight excluding hydrogens is 350 g/mol. The number of unbranched alkanes of at least 4 members (excludes halogenated alkanes) is 7. The Bertz CT molecular complexity index is 444. The van der Waals surface area contributed by atoms with Gasteiger partial charge in [0.15, 0.2) is 0 Å². The van der Waals surface area contributed by atoms with Gasteiger partial charge < -0.3 is 19.5 Å². The highest BCUT2D eigenvalue weighted by Crippen LogP contribution is 2.13. The first-order chi connectivity index (χ1) is 12.7. The normalized spacial score (nSPS) is 11.1. The molecular formula is C20H37NO6. The van der Waals surface area contributed by atoms with Gasteiger partial charge in [0.05, 0.1) is 13.5 Å². The molecule has 0 aliphatic carbocycles. The van der Waals surface area contributed by atoms with Crippen LogP contribution in [-0.4, -0.2) is 53.8 Å². The van der Waals surface area contributed by atoms with Gasteiger partial charge in [-0.05, 0) is 33.6 Å². The van der Waals surface area contributed by atoms with E-state index < -0.39 is 17.7 Å². The quantitative estimate of drug-likeness (QED) is 0.351. The summed E-state index contributed by atoms with van der Waals surface area (Å²) < 4.78 is 10.1. The van der Waals surface area contributed by atoms with E-state index in [0.29, 0.717) is 13.1 Å². The fourth-order valence-electron chi connectivity index (χ4n) is 2.59. The van der Waals surface area contributed by atoms with Crippen LogP contribution in [0.1, 0.15) is 85.0 Å². The second-order valence-corrected chi connectivity index (χ2v) is 7.77. The number of methoxy groups -OCH3 is 1. The number of rotatable bonds is 14. The summed E-state index contributed by atoms with van der Waals surface area (Å²) in [5, 5.41) is 8.58. The van der Waals surface area contributed by atoms with E-state index in [1.165, 1.54) is 7.11 Å². The number of aliphatic carboxylic acids is 1. The highest BCUT2D eigenvalue weighted by molar-refractivity contribution is 5.72. The van der Waals surface area contributed by atoms with Gasteiger partial charge >= 0.3 is 18.0 Å². The van der Waals surface area contributed by atoms with Crippen LogP contribution in [0, 0.1) is 0 Å². The zero-order valence-electron chi connectivity index (χ0n) is 17.4. The molecule has 0 aliphatic heterocycles. The van der Waals surface area contributed by atoms with Gasteiger partial charge in [-0.1, -0.05) is 38.5 Å². The first-order valence-electron chi connectivity index (χ1n) is 9.92. The van der Waals surface area contributed by atoms with Crippen LogP contribution in [0.4, 0.5) is 4.79 Å². The van der Waals surface area contributed by atoms with E-state index in [-0.39, 0.29) is 18.8 Å². The second kappa shape index (κ2) is 14.3. The Kier molecular flexibility index (Phi) is 13.3. The standard InChI is InChI=1S/C20H37NO6/c1-20(2,3)27-19(25)21(16-14-18(24)26-4)15-12-10-8-6-5-7-9-11-13-17(22)23/h5-16H2,1-4H3,(H,22,23). The summed E-state index contributed by atoms with van der Waals surface area (Å²) >= 11 is 0. The Labute approximate surface area is 163 Å². The van der Waals surface area contributed by atoms with Gasteiger partial charge in [0.25, 0.3) is 0 Å². The van der Waals surface area contributed by atoms with Crippen LogP contribution in [0.15, 0.2) is 0 Å². The van der Waals surface area contributed by atoms with Crippen LogP contribution in [-0.2, 0) is 19.1 Å². The van der Waals surface area contributed by atoms with Gasteiger partial charge in [-0.15, -0.1) is 0 Å². The molecule has 0 radical (unpaired) electrons. The number of esters is 1. The number of carboxylic acid groups (broad SMARTS) is 1. The summed E-state index contributed by atoms with van der Waals surface area (Å²) in [4.78, 5) is 35.6. The van der Waals surface area contributed by atoms with E-state index in [4.69, 9.17) is 9.84 Å². The van der Waals surface area contributed by atoms with Crippen molar-refractivity contribution in [2.24, 2.45) is 0 Å². The average molecular weight is 388 g/mol. The predicted octanol–water partition coefficient (Wildman–Crippen LogP) is 4.38. The minimum absolute atomic E-state index is 0.159. The molecule has 1 amide bonds. The molecule has 27 heavy (non-hydrogen) atoms. The zero-order chi connectivity index (χ0) is 20.7. The third kappa shape index (κ3) is 16.1. The fourth-order valence-corrected chi connectivity index (χ4v) is 2.59. The summed E-state index contributed by atoms with van der Waals surface area (Å²) in [6.45, 7) is 6.31. The summed E-state index contributed by atoms with van der Waals surface area (Å²) in [6.07, 6.45) is 7.97. The zero-order valence-corrected chi connectivity index (χ0v) is 17.4. The molecule has 0 heterocycles. The van der Waals surface area contributed by atoms with Crippen molar-refractivity contribution in [1.29, 1.82) is 0 Å². The van der Waals surface area contributed by atoms with E-state index in [2.05, 4.69) is 4.74 Å². The van der Waals surface area contributed by atoms with Gasteiger partial charge in [0.1, 0.15) is 5.60 Å². The number of carboxylic acids is 1. The van der Waals surface area contributed by atoms with Gasteiger partial charge in [-0.25, -0.2) is 4.79 Å². The first kappa shape index (κ1) is 25.2. The maximum atomic E-state index is 12.3. The van der Waals surface area contributed by atoms with Crippen molar-refractivity contribution >= 4 is 18.0 Å². The highest BCUT2D eigenvalue weighted by Gasteiger charge is 2.22. The summed E-state index contributed by atoms with van der Waals surface area (Å²) in [5.41, 5.74) is -0.568. The van der Waals surface area contributed by atoms with E-state index in [0.717, 1.165) is 51.4 Å². The first-order valence-corrected chi connectivity index (χ1v) is 9.92. The molecule has 0 aromatic rings. The predicted molar refractivity (Wildman–Crippen MR) is 104 cm³/mol. The third-order valence-electron chi connectivity index (χ3n) is 4.03. The van der Waals surface area contributed by atoms with Crippen LogP contribution in [0.3, 0.4) is 0 Å². The minimum Gasteiger partial charge on any atom is -0.481 e. The van der Waals surface area contributed by atoms with Gasteiger partial charge in [0.2, 0.25) is 0 Å². The largest absolute Gasteiger partial charge is 0.481 e. The third-order valence-corrected chi connectivity index (χ3v) is 4.03. The topological polar surface area (TPSA) is 93.1 Å². The molecule has 0 aromatic carbocycles. The molecule has 0 unspecified atom stereocenters. The van der Waals surface area contributed by atoms with E-state index >= 15 is 0 Å². The van der Waals surface area contributed by atoms with Crippen LogP contribution in [0.5, 0.6) is 0 Å². The van der Waals surface area contributed by atoms with E-state index in [1.54, 1.807) is 4.90 Å². The summed E-state index contributed by atoms with van der Waals surface area (Å²) in [5.74, 6) is -1.07. The molecule has 7 nitrogen and oxygen atoms in total. The lowest BCUT2D eigenvalue weighted by molar-refractivity contribution is -0.141. The lowest BCUT2D eigenvalue weighted by Crippen LogP contribution is -2.38. The summed E-state index contributed by atoms with van der Waals surface area (Å²) in [6, 6.07) is 0. The van der Waals surface area contributed by atoms with E-state index in [9.17, 15) is 14.4 Å². The molecule has 0 fully saturated rings. The minimum atomic E-state index is -0.725. The molecule has 0 aromatic heterocycles. The van der Waals surface area contributed by atoms with E-state index in [1.807, 2.05) is 20.8 Å². The SMILES string of the molecule is COC(=O)CCN(CCCCCCCCCCC(=O)O)C(=O)OC(C)(C)C. The van der Waals surface area contributed by atoms with Crippen LogP contribution < -0.4 is 0 Å². The monoisotopic (exact) mass is 387 g/mol. The molecule has 0 aliphatic rings. The number of nitrogens with zero attached hydrogens (tertiary/aromatic N) is 1. The maximum Gasteiger partial charge on any atom is 0.410 e. The van der Waals surface area contributed by atoms with Crippen molar-refractivity contribution in [3.8, 4) is 0 Å². The number of ether oxygens (including phenoxy) is 2. The van der Waals surface area contributed by atoms with Crippen molar-refractivity contribution in [2.75, 3.05) is 20.2 Å². The van der Waals surface area contributed by atoms with Crippen molar-refractivity contribution in [3.05, 3.63) is 0 Å². The molecule has 0 bridgehead atoms. The van der Waals surface area contributed by atoms with Gasteiger partial charge in [0, 0.05) is 19.5 Å². The molecule has 1 N–H and O–H groups in total. The number of carbonyl (C=O) groups excluding carboxylic acids is 2. The highest BCUT2D eigenvalue weighted by atomic mass is 16.6. The maximum absolute atomic E-state index is 12.3. The smallest absolute Gasteiger partial charge is 0.410 e. The molecule has 7 heteroatoms. The Morgan fingerprint density at radius 3 is 1.81 bits per heavy atom.